The Kier molecular flexibility index (Phi) is 14.7. The van der Waals surface area contributed by atoms with Crippen molar-refractivity contribution in [2.24, 2.45) is 11.8 Å². The van der Waals surface area contributed by atoms with Crippen LogP contribution in [0.5, 0.6) is 0 Å². The molecule has 10 heteroatoms. The number of hydrogen-bond donors (Lipinski definition) is 2. The molecule has 1 saturated heterocycles. The van der Waals surface area contributed by atoms with Crippen LogP contribution in [0.4, 0.5) is 0 Å². The second-order valence-electron chi connectivity index (χ2n) is 14.0. The zero-order valence-electron chi connectivity index (χ0n) is 28.8. The second kappa shape index (κ2) is 15.8. The van der Waals surface area contributed by atoms with Gasteiger partial charge in [0.2, 0.25) is 0 Å². The van der Waals surface area contributed by atoms with Gasteiger partial charge in [-0.05, 0) is 69.5 Å². The van der Waals surface area contributed by atoms with Gasteiger partial charge in [0, 0.05) is 12.0 Å². The number of carboxylic acid groups (broad SMARTS) is 1. The van der Waals surface area contributed by atoms with E-state index in [4.69, 9.17) is 18.3 Å². The highest BCUT2D eigenvalue weighted by Gasteiger charge is 2.58. The molecule has 1 aliphatic heterocycles. The molecule has 1 fully saturated rings. The first-order valence-electron chi connectivity index (χ1n) is 16.1. The van der Waals surface area contributed by atoms with Gasteiger partial charge in [-0.1, -0.05) is 68.2 Å². The van der Waals surface area contributed by atoms with Crippen molar-refractivity contribution in [3.63, 3.8) is 0 Å². The summed E-state index contributed by atoms with van der Waals surface area (Å²) in [5, 5.41) is 21.1. The molecule has 42 heavy (non-hydrogen) atoms. The summed E-state index contributed by atoms with van der Waals surface area (Å²) in [4.78, 5) is 25.1. The Hall–Kier alpha value is -1.05. The molecule has 246 valence electrons. The van der Waals surface area contributed by atoms with Crippen LogP contribution in [0.1, 0.15) is 95.4 Å². The fourth-order valence-electron chi connectivity index (χ4n) is 5.74. The fraction of sp³-hybridized carbons (Fsp3) is 0.875. The number of rotatable bonds is 16. The molecule has 0 spiro atoms. The van der Waals surface area contributed by atoms with Gasteiger partial charge in [0.1, 0.15) is 11.7 Å². The third-order valence-electron chi connectivity index (χ3n) is 10.0. The average Bonchev–Trinajstić information content (AvgIpc) is 2.91. The first-order chi connectivity index (χ1) is 19.3. The van der Waals surface area contributed by atoms with Crippen molar-refractivity contribution in [3.8, 4) is 0 Å². The van der Waals surface area contributed by atoms with Gasteiger partial charge < -0.3 is 28.5 Å². The van der Waals surface area contributed by atoms with Crippen molar-refractivity contribution < 1.29 is 38.1 Å². The summed E-state index contributed by atoms with van der Waals surface area (Å²) in [5.74, 6) is -2.99. The molecule has 1 heterocycles. The van der Waals surface area contributed by atoms with Gasteiger partial charge in [-0.3, -0.25) is 4.79 Å². The minimum atomic E-state index is -2.22. The molecule has 0 aliphatic carbocycles. The highest BCUT2D eigenvalue weighted by molar-refractivity contribution is 6.74. The Morgan fingerprint density at radius 3 is 2.07 bits per heavy atom. The standard InChI is InChI=1S/C32H62O8Si2/c1-14-18-19-25(39-41(12,13)31(8,9)10)20-21-26(33)37-27-22(5)29(40-42(15-2,16-3)17-4)32(11,38-24(27)7)28(34)23(6)30(35)36/h20-25,27-29,34H,14-19H2,1-13H3,(H,35,36)/b21-20+/t22-,23-,24+,25+,27-,28+,29+,32-/m1/s1. The molecule has 0 aromatic carbocycles. The number of carbonyl (C=O) groups excluding carboxylic acids is 1. The maximum Gasteiger partial charge on any atom is 0.330 e. The average molecular weight is 631 g/mol. The van der Waals surface area contributed by atoms with Gasteiger partial charge >= 0.3 is 11.9 Å². The summed E-state index contributed by atoms with van der Waals surface area (Å²) in [6.45, 7) is 26.5. The molecular formula is C32H62O8Si2. The van der Waals surface area contributed by atoms with Gasteiger partial charge in [-0.25, -0.2) is 4.79 Å². The summed E-state index contributed by atoms with van der Waals surface area (Å²) in [7, 11) is -4.27. The van der Waals surface area contributed by atoms with Gasteiger partial charge in [0.25, 0.3) is 0 Å². The third kappa shape index (κ3) is 9.48. The molecule has 0 radical (unpaired) electrons. The predicted octanol–water partition coefficient (Wildman–Crippen LogP) is 7.32. The first kappa shape index (κ1) is 39.0. The Bertz CT molecular complexity index is 889. The largest absolute Gasteiger partial charge is 0.481 e. The van der Waals surface area contributed by atoms with Crippen molar-refractivity contribution in [3.05, 3.63) is 12.2 Å². The molecule has 8 atom stereocenters. The van der Waals surface area contributed by atoms with Crippen LogP contribution >= 0.6 is 0 Å². The van der Waals surface area contributed by atoms with Gasteiger partial charge in [0.05, 0.1) is 30.3 Å². The summed E-state index contributed by atoms with van der Waals surface area (Å²) in [6, 6.07) is 2.63. The number of aliphatic hydroxyl groups is 1. The van der Waals surface area contributed by atoms with E-state index in [9.17, 15) is 19.8 Å². The monoisotopic (exact) mass is 630 g/mol. The van der Waals surface area contributed by atoms with E-state index in [-0.39, 0.29) is 17.1 Å². The Morgan fingerprint density at radius 1 is 1.07 bits per heavy atom. The molecule has 0 unspecified atom stereocenters. The molecule has 0 bridgehead atoms. The van der Waals surface area contributed by atoms with Crippen molar-refractivity contribution in [1.82, 2.24) is 0 Å². The molecule has 8 nitrogen and oxygen atoms in total. The van der Waals surface area contributed by atoms with Crippen LogP contribution in [-0.2, 0) is 27.9 Å². The van der Waals surface area contributed by atoms with E-state index < -0.39 is 64.5 Å². The predicted molar refractivity (Wildman–Crippen MR) is 174 cm³/mol. The molecular weight excluding hydrogens is 569 g/mol. The lowest BCUT2D eigenvalue weighted by atomic mass is 9.75. The van der Waals surface area contributed by atoms with Gasteiger partial charge in [-0.2, -0.15) is 0 Å². The minimum absolute atomic E-state index is 0.0501. The third-order valence-corrected chi connectivity index (χ3v) is 19.1. The van der Waals surface area contributed by atoms with Crippen LogP contribution < -0.4 is 0 Å². The molecule has 2 N–H and O–H groups in total. The van der Waals surface area contributed by atoms with Crippen molar-refractivity contribution in [2.75, 3.05) is 0 Å². The maximum absolute atomic E-state index is 13.2. The van der Waals surface area contributed by atoms with Crippen LogP contribution in [0.2, 0.25) is 36.3 Å². The number of hydrogen-bond acceptors (Lipinski definition) is 7. The number of ether oxygens (including phenoxy) is 2. The quantitative estimate of drug-likeness (QED) is 0.104. The minimum Gasteiger partial charge on any atom is -0.481 e. The number of carbonyl (C=O) groups is 2. The molecule has 0 aromatic rings. The Labute approximate surface area is 258 Å². The number of unbranched alkanes of at least 4 members (excludes halogenated alkanes) is 1. The van der Waals surface area contributed by atoms with Crippen LogP contribution in [0, 0.1) is 11.8 Å². The summed E-state index contributed by atoms with van der Waals surface area (Å²) >= 11 is 0. The van der Waals surface area contributed by atoms with Crippen LogP contribution in [0.15, 0.2) is 12.2 Å². The summed E-state index contributed by atoms with van der Waals surface area (Å²) in [6.07, 6.45) is 2.80. The second-order valence-corrected chi connectivity index (χ2v) is 23.5. The maximum atomic E-state index is 13.2. The lowest BCUT2D eigenvalue weighted by Crippen LogP contribution is -2.68. The zero-order valence-corrected chi connectivity index (χ0v) is 30.8. The molecule has 1 rings (SSSR count). The van der Waals surface area contributed by atoms with E-state index in [0.717, 1.165) is 37.4 Å². The van der Waals surface area contributed by atoms with Gasteiger partial charge in [0.15, 0.2) is 16.6 Å². The number of carboxylic acids is 1. The summed E-state index contributed by atoms with van der Waals surface area (Å²) in [5.41, 5.74) is -1.30. The fourth-order valence-corrected chi connectivity index (χ4v) is 10.0. The van der Waals surface area contributed by atoms with Crippen LogP contribution in [0.25, 0.3) is 0 Å². The normalized spacial score (nSPS) is 28.0. The number of esters is 1. The molecule has 0 saturated carbocycles. The van der Waals surface area contributed by atoms with E-state index in [0.29, 0.717) is 0 Å². The summed E-state index contributed by atoms with van der Waals surface area (Å²) < 4.78 is 26.0. The van der Waals surface area contributed by atoms with E-state index in [2.05, 4.69) is 61.6 Å². The van der Waals surface area contributed by atoms with Crippen LogP contribution in [0.3, 0.4) is 0 Å². The van der Waals surface area contributed by atoms with E-state index in [1.165, 1.54) is 13.0 Å². The number of aliphatic hydroxyl groups excluding tert-OH is 1. The highest BCUT2D eigenvalue weighted by atomic mass is 28.4. The Morgan fingerprint density at radius 2 is 1.62 bits per heavy atom. The van der Waals surface area contributed by atoms with E-state index >= 15 is 0 Å². The molecule has 1 aliphatic rings. The van der Waals surface area contributed by atoms with Crippen molar-refractivity contribution in [1.29, 1.82) is 0 Å². The smallest absolute Gasteiger partial charge is 0.330 e. The van der Waals surface area contributed by atoms with E-state index in [1.54, 1.807) is 13.8 Å². The van der Waals surface area contributed by atoms with Crippen molar-refractivity contribution >= 4 is 28.6 Å². The van der Waals surface area contributed by atoms with E-state index in [1.807, 2.05) is 13.0 Å². The SMILES string of the molecule is CCCC[C@@H](/C=C/C(=O)O[C@@H]1[C@@H](C)[C@H](O[Si](CC)(CC)CC)[C@@](C)([C@@H](O)[C@@H](C)C(=O)O)O[C@H]1C)O[Si](C)(C)C(C)(C)C. The van der Waals surface area contributed by atoms with Crippen molar-refractivity contribution in [2.45, 2.75) is 168 Å². The van der Waals surface area contributed by atoms with Gasteiger partial charge in [-0.15, -0.1) is 0 Å². The first-order valence-corrected chi connectivity index (χ1v) is 21.5. The zero-order chi connectivity index (χ0) is 32.7. The molecule has 0 amide bonds. The lowest BCUT2D eigenvalue weighted by molar-refractivity contribution is -0.272. The van der Waals surface area contributed by atoms with Crippen LogP contribution in [-0.4, -0.2) is 74.9 Å². The molecule has 0 aromatic heterocycles. The highest BCUT2D eigenvalue weighted by Crippen LogP contribution is 2.43. The Balaban J connectivity index is 3.33. The topological polar surface area (TPSA) is 112 Å². The lowest BCUT2D eigenvalue weighted by Gasteiger charge is -2.54. The number of aliphatic carboxylic acids is 1.